The van der Waals surface area contributed by atoms with Gasteiger partial charge < -0.3 is 0 Å². The van der Waals surface area contributed by atoms with Crippen molar-refractivity contribution in [3.05, 3.63) is 132 Å². The Labute approximate surface area is 171 Å². The van der Waals surface area contributed by atoms with Gasteiger partial charge in [-0.15, -0.1) is 0 Å². The zero-order valence-electron chi connectivity index (χ0n) is 16.4. The molecule has 29 heavy (non-hydrogen) atoms. The van der Waals surface area contributed by atoms with Gasteiger partial charge in [-0.2, -0.15) is 5.10 Å². The first-order valence-corrected chi connectivity index (χ1v) is 9.96. The molecule has 0 radical (unpaired) electrons. The van der Waals surface area contributed by atoms with Gasteiger partial charge in [-0.25, -0.2) is 4.68 Å². The fourth-order valence-electron chi connectivity index (χ4n) is 4.03. The lowest BCUT2D eigenvalue weighted by molar-refractivity contribution is 0.829. The van der Waals surface area contributed by atoms with E-state index >= 15 is 0 Å². The highest BCUT2D eigenvalue weighted by Gasteiger charge is 2.23. The topological polar surface area (TPSA) is 17.8 Å². The van der Waals surface area contributed by atoms with E-state index in [1.165, 1.54) is 22.1 Å². The Kier molecular flexibility index (Phi) is 4.45. The third-order valence-corrected chi connectivity index (χ3v) is 5.41. The molecule has 1 aromatic heterocycles. The van der Waals surface area contributed by atoms with Gasteiger partial charge in [0.05, 0.1) is 22.8 Å². The van der Waals surface area contributed by atoms with Crippen LogP contribution in [0.2, 0.25) is 0 Å². The van der Waals surface area contributed by atoms with Gasteiger partial charge in [0, 0.05) is 5.39 Å². The van der Waals surface area contributed by atoms with Crippen LogP contribution in [-0.4, -0.2) is 9.78 Å². The Morgan fingerprint density at radius 2 is 1.21 bits per heavy atom. The smallest absolute Gasteiger partial charge is 0.0826 e. The van der Waals surface area contributed by atoms with E-state index in [1.54, 1.807) is 0 Å². The Bertz CT molecular complexity index is 1200. The number of hydrogen-bond donors (Lipinski definition) is 0. The summed E-state index contributed by atoms with van der Waals surface area (Å²) in [5.74, 6) is 0.0765. The van der Waals surface area contributed by atoms with Crippen molar-refractivity contribution in [1.82, 2.24) is 9.78 Å². The molecule has 0 fully saturated rings. The molecular formula is C27H22N2. The first-order valence-electron chi connectivity index (χ1n) is 9.96. The summed E-state index contributed by atoms with van der Waals surface area (Å²) in [4.78, 5) is 0. The van der Waals surface area contributed by atoms with Crippen molar-refractivity contribution in [1.29, 1.82) is 0 Å². The summed E-state index contributed by atoms with van der Waals surface area (Å²) in [6.07, 6.45) is 0. The van der Waals surface area contributed by atoms with Crippen molar-refractivity contribution in [2.24, 2.45) is 0 Å². The van der Waals surface area contributed by atoms with E-state index in [9.17, 15) is 0 Å². The minimum absolute atomic E-state index is 0.0765. The second-order valence-corrected chi connectivity index (χ2v) is 7.41. The molecule has 4 aromatic carbocycles. The van der Waals surface area contributed by atoms with Crippen molar-refractivity contribution < 1.29 is 0 Å². The lowest BCUT2D eigenvalue weighted by Crippen LogP contribution is -2.05. The predicted octanol–water partition coefficient (Wildman–Crippen LogP) is 6.51. The SMILES string of the molecule is Cc1ccc2c(C(c3ccccc3)c3ccccc3)nn(-c3ccccc3)c2c1. The first-order chi connectivity index (χ1) is 14.3. The minimum Gasteiger partial charge on any atom is -0.233 e. The van der Waals surface area contributed by atoms with Gasteiger partial charge >= 0.3 is 0 Å². The molecule has 0 unspecified atom stereocenters. The molecule has 0 aliphatic carbocycles. The minimum atomic E-state index is 0.0765. The molecule has 5 rings (SSSR count). The maximum absolute atomic E-state index is 5.17. The summed E-state index contributed by atoms with van der Waals surface area (Å²) in [6, 6.07) is 38.3. The number of para-hydroxylation sites is 1. The van der Waals surface area contributed by atoms with Crippen molar-refractivity contribution in [2.75, 3.05) is 0 Å². The summed E-state index contributed by atoms with van der Waals surface area (Å²) >= 11 is 0. The van der Waals surface area contributed by atoms with E-state index in [0.29, 0.717) is 0 Å². The van der Waals surface area contributed by atoms with E-state index in [0.717, 1.165) is 16.9 Å². The van der Waals surface area contributed by atoms with Crippen LogP contribution in [0, 0.1) is 6.92 Å². The van der Waals surface area contributed by atoms with Gasteiger partial charge in [0.25, 0.3) is 0 Å². The number of aryl methyl sites for hydroxylation is 1. The van der Waals surface area contributed by atoms with E-state index in [2.05, 4.69) is 115 Å². The molecule has 0 atom stereocenters. The molecule has 0 aliphatic heterocycles. The van der Waals surface area contributed by atoms with Crippen LogP contribution in [0.3, 0.4) is 0 Å². The Balaban J connectivity index is 1.80. The number of fused-ring (bicyclic) bond motifs is 1. The van der Waals surface area contributed by atoms with Crippen molar-refractivity contribution in [3.8, 4) is 5.69 Å². The normalized spacial score (nSPS) is 11.2. The molecule has 0 saturated heterocycles. The Morgan fingerprint density at radius 3 is 1.79 bits per heavy atom. The molecule has 140 valence electrons. The van der Waals surface area contributed by atoms with Crippen LogP contribution in [0.15, 0.2) is 109 Å². The van der Waals surface area contributed by atoms with Crippen molar-refractivity contribution in [3.63, 3.8) is 0 Å². The van der Waals surface area contributed by atoms with Crippen LogP contribution >= 0.6 is 0 Å². The third-order valence-electron chi connectivity index (χ3n) is 5.41. The summed E-state index contributed by atoms with van der Waals surface area (Å²) in [7, 11) is 0. The lowest BCUT2D eigenvalue weighted by atomic mass is 9.87. The summed E-state index contributed by atoms with van der Waals surface area (Å²) < 4.78 is 2.08. The molecular weight excluding hydrogens is 352 g/mol. The molecule has 1 heterocycles. The number of nitrogens with zero attached hydrogens (tertiary/aromatic N) is 2. The molecule has 0 saturated carbocycles. The molecule has 0 N–H and O–H groups in total. The van der Waals surface area contributed by atoms with Crippen LogP contribution < -0.4 is 0 Å². The summed E-state index contributed by atoms with van der Waals surface area (Å²) in [6.45, 7) is 2.13. The van der Waals surface area contributed by atoms with Gasteiger partial charge in [0.2, 0.25) is 0 Å². The molecule has 5 aromatic rings. The lowest BCUT2D eigenvalue weighted by Gasteiger charge is -2.16. The fraction of sp³-hybridized carbons (Fsp3) is 0.0741. The Morgan fingerprint density at radius 1 is 0.655 bits per heavy atom. The predicted molar refractivity (Wildman–Crippen MR) is 120 cm³/mol. The number of rotatable bonds is 4. The quantitative estimate of drug-likeness (QED) is 0.350. The molecule has 0 bridgehead atoms. The number of aromatic nitrogens is 2. The highest BCUT2D eigenvalue weighted by atomic mass is 15.3. The highest BCUT2D eigenvalue weighted by Crippen LogP contribution is 2.36. The molecule has 0 aliphatic rings. The van der Waals surface area contributed by atoms with Gasteiger partial charge in [-0.3, -0.25) is 0 Å². The van der Waals surface area contributed by atoms with Crippen LogP contribution in [0.25, 0.3) is 16.6 Å². The standard InChI is InChI=1S/C27H22N2/c1-20-17-18-24-25(19-20)29(23-15-9-4-10-16-23)28-27(24)26(21-11-5-2-6-12-21)22-13-7-3-8-14-22/h2-19,26H,1H3. The van der Waals surface area contributed by atoms with E-state index < -0.39 is 0 Å². The number of hydrogen-bond acceptors (Lipinski definition) is 1. The van der Waals surface area contributed by atoms with Gasteiger partial charge in [0.1, 0.15) is 0 Å². The van der Waals surface area contributed by atoms with Crippen LogP contribution in [-0.2, 0) is 0 Å². The second-order valence-electron chi connectivity index (χ2n) is 7.41. The molecule has 2 nitrogen and oxygen atoms in total. The maximum atomic E-state index is 5.17. The van der Waals surface area contributed by atoms with Gasteiger partial charge in [0.15, 0.2) is 0 Å². The summed E-state index contributed by atoms with van der Waals surface area (Å²) in [5, 5.41) is 6.36. The van der Waals surface area contributed by atoms with E-state index in [4.69, 9.17) is 5.10 Å². The summed E-state index contributed by atoms with van der Waals surface area (Å²) in [5.41, 5.74) is 7.04. The monoisotopic (exact) mass is 374 g/mol. The second kappa shape index (κ2) is 7.40. The molecule has 2 heteroatoms. The molecule has 0 spiro atoms. The first kappa shape index (κ1) is 17.4. The largest absolute Gasteiger partial charge is 0.233 e. The third kappa shape index (κ3) is 3.23. The van der Waals surface area contributed by atoms with Crippen LogP contribution in [0.5, 0.6) is 0 Å². The number of benzene rings is 4. The van der Waals surface area contributed by atoms with Gasteiger partial charge in [-0.1, -0.05) is 91.0 Å². The highest BCUT2D eigenvalue weighted by molar-refractivity contribution is 5.85. The van der Waals surface area contributed by atoms with E-state index in [-0.39, 0.29) is 5.92 Å². The van der Waals surface area contributed by atoms with Crippen molar-refractivity contribution in [2.45, 2.75) is 12.8 Å². The zero-order valence-corrected chi connectivity index (χ0v) is 16.4. The van der Waals surface area contributed by atoms with Crippen molar-refractivity contribution >= 4 is 10.9 Å². The van der Waals surface area contributed by atoms with Gasteiger partial charge in [-0.05, 0) is 41.8 Å². The van der Waals surface area contributed by atoms with Crippen LogP contribution in [0.1, 0.15) is 28.3 Å². The van der Waals surface area contributed by atoms with Crippen LogP contribution in [0.4, 0.5) is 0 Å². The molecule has 0 amide bonds. The fourth-order valence-corrected chi connectivity index (χ4v) is 4.03. The maximum Gasteiger partial charge on any atom is 0.0826 e. The Hall–Kier alpha value is -3.65. The van der Waals surface area contributed by atoms with E-state index in [1.807, 2.05) is 6.07 Å². The average Bonchev–Trinajstić information content (AvgIpc) is 3.14. The average molecular weight is 374 g/mol. The zero-order chi connectivity index (χ0) is 19.6.